The molecule has 0 saturated heterocycles. The van der Waals surface area contributed by atoms with Crippen molar-refractivity contribution >= 4 is 17.3 Å². The van der Waals surface area contributed by atoms with Crippen molar-refractivity contribution in [3.05, 3.63) is 23.2 Å². The molecule has 0 saturated carbocycles. The normalized spacial score (nSPS) is 10.4. The van der Waals surface area contributed by atoms with Gasteiger partial charge in [-0.3, -0.25) is 0 Å². The Morgan fingerprint density at radius 2 is 2.36 bits per heavy atom. The van der Waals surface area contributed by atoms with E-state index >= 15 is 0 Å². The molecule has 5 nitrogen and oxygen atoms in total. The van der Waals surface area contributed by atoms with Crippen LogP contribution in [0, 0.1) is 6.92 Å². The number of hydrogen-bond donors (Lipinski definition) is 1. The molecule has 14 heavy (non-hydrogen) atoms. The zero-order chi connectivity index (χ0) is 10.1. The zero-order valence-corrected chi connectivity index (χ0v) is 8.04. The number of oxazole rings is 1. The van der Waals surface area contributed by atoms with Gasteiger partial charge in [0.1, 0.15) is 17.0 Å². The Kier molecular flexibility index (Phi) is 2.05. The molecule has 0 aliphatic rings. The Balaban J connectivity index is 2.38. The van der Waals surface area contributed by atoms with E-state index in [9.17, 15) is 4.79 Å². The topological polar surface area (TPSA) is 76.2 Å². The second kappa shape index (κ2) is 3.22. The van der Waals surface area contributed by atoms with Crippen LogP contribution in [0.2, 0.25) is 0 Å². The van der Waals surface area contributed by atoms with Gasteiger partial charge in [-0.25, -0.2) is 14.8 Å². The average Bonchev–Trinajstić information content (AvgIpc) is 2.70. The van der Waals surface area contributed by atoms with E-state index in [0.717, 1.165) is 0 Å². The molecule has 0 aliphatic carbocycles. The molecular formula is C8H6N2O3S. The van der Waals surface area contributed by atoms with E-state index in [-0.39, 0.29) is 5.69 Å². The lowest BCUT2D eigenvalue weighted by Crippen LogP contribution is -1.95. The first-order valence-electron chi connectivity index (χ1n) is 3.78. The standard InChI is InChI=1S/C8H6N2O3S/c1-4-9-5(2-13-4)7-10-6(3-14-7)8(11)12/h2-3H,1H3,(H,11,12). The third kappa shape index (κ3) is 1.51. The number of hydrogen-bond acceptors (Lipinski definition) is 5. The summed E-state index contributed by atoms with van der Waals surface area (Å²) in [5, 5.41) is 10.7. The van der Waals surface area contributed by atoms with E-state index in [4.69, 9.17) is 9.52 Å². The van der Waals surface area contributed by atoms with Gasteiger partial charge in [-0.2, -0.15) is 0 Å². The molecule has 0 aromatic carbocycles. The van der Waals surface area contributed by atoms with E-state index in [2.05, 4.69) is 9.97 Å². The van der Waals surface area contributed by atoms with Crippen LogP contribution in [0.25, 0.3) is 10.7 Å². The zero-order valence-electron chi connectivity index (χ0n) is 7.22. The largest absolute Gasteiger partial charge is 0.476 e. The number of aromatic carboxylic acids is 1. The van der Waals surface area contributed by atoms with Gasteiger partial charge in [-0.15, -0.1) is 11.3 Å². The third-order valence-corrected chi connectivity index (χ3v) is 2.43. The molecule has 2 rings (SSSR count). The highest BCUT2D eigenvalue weighted by Gasteiger charge is 2.12. The SMILES string of the molecule is Cc1nc(-c2nc(C(=O)O)cs2)co1. The Morgan fingerprint density at radius 1 is 1.57 bits per heavy atom. The smallest absolute Gasteiger partial charge is 0.355 e. The summed E-state index contributed by atoms with van der Waals surface area (Å²) in [5.41, 5.74) is 0.602. The summed E-state index contributed by atoms with van der Waals surface area (Å²) in [6.45, 7) is 1.72. The second-order valence-corrected chi connectivity index (χ2v) is 3.45. The van der Waals surface area contributed by atoms with Gasteiger partial charge in [0.15, 0.2) is 11.6 Å². The average molecular weight is 210 g/mol. The van der Waals surface area contributed by atoms with Crippen LogP contribution < -0.4 is 0 Å². The van der Waals surface area contributed by atoms with Crippen LogP contribution in [0.4, 0.5) is 0 Å². The second-order valence-electron chi connectivity index (χ2n) is 2.59. The lowest BCUT2D eigenvalue weighted by molar-refractivity contribution is 0.0691. The third-order valence-electron chi connectivity index (χ3n) is 1.56. The van der Waals surface area contributed by atoms with Crippen molar-refractivity contribution in [3.63, 3.8) is 0 Å². The first-order chi connectivity index (χ1) is 6.66. The molecule has 0 aliphatic heterocycles. The minimum Gasteiger partial charge on any atom is -0.476 e. The van der Waals surface area contributed by atoms with Gasteiger partial charge < -0.3 is 9.52 Å². The number of thiazole rings is 1. The number of carbonyl (C=O) groups is 1. The van der Waals surface area contributed by atoms with Crippen LogP contribution in [0.1, 0.15) is 16.4 Å². The van der Waals surface area contributed by atoms with Crippen molar-refractivity contribution < 1.29 is 14.3 Å². The van der Waals surface area contributed by atoms with E-state index in [1.807, 2.05) is 0 Å². The van der Waals surface area contributed by atoms with Gasteiger partial charge in [-0.1, -0.05) is 0 Å². The lowest BCUT2D eigenvalue weighted by Gasteiger charge is -1.84. The molecule has 0 spiro atoms. The number of aryl methyl sites for hydroxylation is 1. The summed E-state index contributed by atoms with van der Waals surface area (Å²) in [6, 6.07) is 0. The maximum Gasteiger partial charge on any atom is 0.355 e. The van der Waals surface area contributed by atoms with E-state index in [1.54, 1.807) is 6.92 Å². The minimum atomic E-state index is -1.03. The van der Waals surface area contributed by atoms with Crippen molar-refractivity contribution in [2.24, 2.45) is 0 Å². The summed E-state index contributed by atoms with van der Waals surface area (Å²) in [7, 11) is 0. The van der Waals surface area contributed by atoms with Crippen molar-refractivity contribution in [2.45, 2.75) is 6.92 Å². The fourth-order valence-corrected chi connectivity index (χ4v) is 1.69. The molecule has 6 heteroatoms. The fourth-order valence-electron chi connectivity index (χ4n) is 0.951. The molecular weight excluding hydrogens is 204 g/mol. The van der Waals surface area contributed by atoms with Crippen LogP contribution in [0.15, 0.2) is 16.1 Å². The molecule has 0 atom stereocenters. The Hall–Kier alpha value is -1.69. The van der Waals surface area contributed by atoms with Crippen LogP contribution in [-0.4, -0.2) is 21.0 Å². The molecule has 0 radical (unpaired) electrons. The van der Waals surface area contributed by atoms with Crippen molar-refractivity contribution in [1.29, 1.82) is 0 Å². The van der Waals surface area contributed by atoms with Gasteiger partial charge in [0.25, 0.3) is 0 Å². The first-order valence-corrected chi connectivity index (χ1v) is 4.66. The van der Waals surface area contributed by atoms with E-state index in [1.165, 1.54) is 23.0 Å². The molecule has 2 heterocycles. The molecule has 1 N–H and O–H groups in total. The van der Waals surface area contributed by atoms with Crippen molar-refractivity contribution in [1.82, 2.24) is 9.97 Å². The predicted octanol–water partition coefficient (Wildman–Crippen LogP) is 1.80. The van der Waals surface area contributed by atoms with Gasteiger partial charge >= 0.3 is 5.97 Å². The number of carboxylic acid groups (broad SMARTS) is 1. The summed E-state index contributed by atoms with van der Waals surface area (Å²) in [6.07, 6.45) is 1.46. The highest BCUT2D eigenvalue weighted by molar-refractivity contribution is 7.13. The monoisotopic (exact) mass is 210 g/mol. The highest BCUT2D eigenvalue weighted by Crippen LogP contribution is 2.22. The maximum atomic E-state index is 10.6. The first kappa shape index (κ1) is 8.89. The van der Waals surface area contributed by atoms with Crippen molar-refractivity contribution in [2.75, 3.05) is 0 Å². The molecule has 2 aromatic heterocycles. The molecule has 0 bridgehead atoms. The van der Waals surface area contributed by atoms with Crippen LogP contribution in [0.3, 0.4) is 0 Å². The lowest BCUT2D eigenvalue weighted by atomic mass is 10.5. The Labute approximate surface area is 83.0 Å². The van der Waals surface area contributed by atoms with Crippen LogP contribution in [0.5, 0.6) is 0 Å². The molecule has 0 unspecified atom stereocenters. The fraction of sp³-hybridized carbons (Fsp3) is 0.125. The number of aromatic nitrogens is 2. The molecule has 0 amide bonds. The Morgan fingerprint density at radius 3 is 2.86 bits per heavy atom. The minimum absolute atomic E-state index is 0.0330. The summed E-state index contributed by atoms with van der Waals surface area (Å²) in [4.78, 5) is 18.5. The number of nitrogens with zero attached hydrogens (tertiary/aromatic N) is 2. The van der Waals surface area contributed by atoms with E-state index < -0.39 is 5.97 Å². The van der Waals surface area contributed by atoms with Crippen LogP contribution >= 0.6 is 11.3 Å². The van der Waals surface area contributed by atoms with Crippen molar-refractivity contribution in [3.8, 4) is 10.7 Å². The van der Waals surface area contributed by atoms with Gasteiger partial charge in [0.2, 0.25) is 0 Å². The molecule has 72 valence electrons. The van der Waals surface area contributed by atoms with Crippen LogP contribution in [-0.2, 0) is 0 Å². The quantitative estimate of drug-likeness (QED) is 0.817. The van der Waals surface area contributed by atoms with E-state index in [0.29, 0.717) is 16.6 Å². The summed E-state index contributed by atoms with van der Waals surface area (Å²) >= 11 is 1.23. The van der Waals surface area contributed by atoms with Gasteiger partial charge in [-0.05, 0) is 0 Å². The predicted molar refractivity (Wildman–Crippen MR) is 49.3 cm³/mol. The highest BCUT2D eigenvalue weighted by atomic mass is 32.1. The Bertz CT molecular complexity index is 474. The summed E-state index contributed by atoms with van der Waals surface area (Å²) < 4.78 is 5.00. The number of carboxylic acids is 1. The number of rotatable bonds is 2. The van der Waals surface area contributed by atoms with Gasteiger partial charge in [0, 0.05) is 12.3 Å². The van der Waals surface area contributed by atoms with Gasteiger partial charge in [0.05, 0.1) is 0 Å². The maximum absolute atomic E-state index is 10.6. The molecule has 0 fully saturated rings. The summed E-state index contributed by atoms with van der Waals surface area (Å²) in [5.74, 6) is -0.500. The molecule has 2 aromatic rings.